The highest BCUT2D eigenvalue weighted by molar-refractivity contribution is 6.01. The highest BCUT2D eigenvalue weighted by Gasteiger charge is 2.39. The molecule has 0 aromatic carbocycles. The molecule has 196 valence electrons. The largest absolute Gasteiger partial charge is 0.418 e. The molecule has 6 aromatic heterocycles. The van der Waals surface area contributed by atoms with Crippen molar-refractivity contribution in [3.8, 4) is 11.1 Å². The Labute approximate surface area is 218 Å². The van der Waals surface area contributed by atoms with Crippen LogP contribution in [-0.2, 0) is 19.6 Å². The molecule has 0 saturated carbocycles. The zero-order chi connectivity index (χ0) is 26.9. The van der Waals surface area contributed by atoms with Crippen LogP contribution >= 0.6 is 0 Å². The first-order valence-corrected chi connectivity index (χ1v) is 12.1. The molecule has 7 heterocycles. The van der Waals surface area contributed by atoms with E-state index in [1.807, 2.05) is 31.6 Å². The van der Waals surface area contributed by atoms with Crippen molar-refractivity contribution in [2.45, 2.75) is 18.6 Å². The number of hydrogen-bond donors (Lipinski definition) is 1. The van der Waals surface area contributed by atoms with Crippen LogP contribution in [-0.4, -0.2) is 56.3 Å². The van der Waals surface area contributed by atoms with E-state index in [2.05, 4.69) is 25.3 Å². The number of amides is 1. The third-order valence-corrected chi connectivity index (χ3v) is 7.08. The van der Waals surface area contributed by atoms with Crippen LogP contribution < -0.4 is 0 Å². The lowest BCUT2D eigenvalue weighted by Gasteiger charge is -2.33. The summed E-state index contributed by atoms with van der Waals surface area (Å²) in [5.74, 6) is -0.314. The zero-order valence-corrected chi connectivity index (χ0v) is 20.5. The number of nitrogens with one attached hydrogen (secondary N) is 1. The molecular formula is C26H20F3N9O. The fraction of sp³-hybridized carbons (Fsp3) is 0.192. The van der Waals surface area contributed by atoms with E-state index in [4.69, 9.17) is 0 Å². The summed E-state index contributed by atoms with van der Waals surface area (Å²) in [6.07, 6.45) is 5.91. The summed E-state index contributed by atoms with van der Waals surface area (Å²) in [4.78, 5) is 23.1. The monoisotopic (exact) mass is 531 g/mol. The van der Waals surface area contributed by atoms with Crippen LogP contribution in [0.1, 0.15) is 39.0 Å². The van der Waals surface area contributed by atoms with Crippen molar-refractivity contribution in [2.24, 2.45) is 7.05 Å². The number of aromatic amines is 1. The van der Waals surface area contributed by atoms with Crippen molar-refractivity contribution in [2.75, 3.05) is 6.54 Å². The molecule has 0 bridgehead atoms. The molecule has 0 fully saturated rings. The van der Waals surface area contributed by atoms with Crippen molar-refractivity contribution in [3.05, 3.63) is 95.9 Å². The summed E-state index contributed by atoms with van der Waals surface area (Å²) < 4.78 is 45.6. The van der Waals surface area contributed by atoms with Gasteiger partial charge in [0.05, 0.1) is 52.3 Å². The third-order valence-electron chi connectivity index (χ3n) is 7.08. The van der Waals surface area contributed by atoms with E-state index in [-0.39, 0.29) is 11.4 Å². The fourth-order valence-corrected chi connectivity index (χ4v) is 5.25. The average Bonchev–Trinajstić information content (AvgIpc) is 3.71. The van der Waals surface area contributed by atoms with E-state index >= 15 is 0 Å². The lowest BCUT2D eigenvalue weighted by molar-refractivity contribution is -0.136. The van der Waals surface area contributed by atoms with Gasteiger partial charge in [-0.3, -0.25) is 9.48 Å². The molecule has 1 aliphatic heterocycles. The van der Waals surface area contributed by atoms with Crippen LogP contribution in [0.4, 0.5) is 13.2 Å². The van der Waals surface area contributed by atoms with Gasteiger partial charge < -0.3 is 9.88 Å². The number of fused-ring (bicyclic) bond motifs is 3. The van der Waals surface area contributed by atoms with Gasteiger partial charge in [-0.15, -0.1) is 0 Å². The summed E-state index contributed by atoms with van der Waals surface area (Å²) in [7, 11) is 1.83. The van der Waals surface area contributed by atoms with Gasteiger partial charge in [0, 0.05) is 55.4 Å². The SMILES string of the molecule is Cn1cc(-c2ccc3c(C(=O)N4CCc5[nH]cnc5C4c4cc5c(C(F)(F)F)cccn5n4)cnn3c2)cn1. The first kappa shape index (κ1) is 23.2. The molecular weight excluding hydrogens is 511 g/mol. The molecule has 10 nitrogen and oxygen atoms in total. The lowest BCUT2D eigenvalue weighted by atomic mass is 9.98. The van der Waals surface area contributed by atoms with Gasteiger partial charge in [0.25, 0.3) is 5.91 Å². The van der Waals surface area contributed by atoms with Gasteiger partial charge in [0.1, 0.15) is 6.04 Å². The number of aryl methyl sites for hydroxylation is 1. The quantitative estimate of drug-likeness (QED) is 0.373. The van der Waals surface area contributed by atoms with E-state index in [1.165, 1.54) is 35.4 Å². The smallest absolute Gasteiger partial charge is 0.348 e. The molecule has 0 saturated heterocycles. The number of nitrogens with zero attached hydrogens (tertiary/aromatic N) is 8. The average molecular weight is 532 g/mol. The molecule has 39 heavy (non-hydrogen) atoms. The number of carbonyl (C=O) groups excluding carboxylic acids is 1. The Bertz CT molecular complexity index is 1880. The van der Waals surface area contributed by atoms with Crippen LogP contribution in [0.3, 0.4) is 0 Å². The van der Waals surface area contributed by atoms with Crippen LogP contribution in [0.15, 0.2) is 67.6 Å². The molecule has 13 heteroatoms. The minimum atomic E-state index is -4.55. The van der Waals surface area contributed by atoms with Crippen LogP contribution in [0.2, 0.25) is 0 Å². The summed E-state index contributed by atoms with van der Waals surface area (Å²) in [6, 6.07) is 6.64. The van der Waals surface area contributed by atoms with E-state index < -0.39 is 17.8 Å². The number of rotatable bonds is 3. The minimum absolute atomic E-state index is 0.0889. The molecule has 0 aliphatic carbocycles. The molecule has 6 aromatic rings. The Morgan fingerprint density at radius 3 is 2.72 bits per heavy atom. The number of carbonyl (C=O) groups is 1. The van der Waals surface area contributed by atoms with Crippen molar-refractivity contribution >= 4 is 16.9 Å². The number of imidazole rings is 1. The Kier molecular flexibility index (Phi) is 4.93. The maximum Gasteiger partial charge on any atom is 0.418 e. The molecule has 1 unspecified atom stereocenters. The maximum atomic E-state index is 14.0. The minimum Gasteiger partial charge on any atom is -0.348 e. The van der Waals surface area contributed by atoms with Gasteiger partial charge in [0.2, 0.25) is 0 Å². The van der Waals surface area contributed by atoms with E-state index in [0.29, 0.717) is 35.4 Å². The van der Waals surface area contributed by atoms with E-state index in [0.717, 1.165) is 22.9 Å². The molecule has 7 rings (SSSR count). The normalized spacial score (nSPS) is 15.8. The molecule has 0 radical (unpaired) electrons. The summed E-state index contributed by atoms with van der Waals surface area (Å²) in [6.45, 7) is 0.323. The molecule has 0 spiro atoms. The molecule has 1 atom stereocenters. The van der Waals surface area contributed by atoms with Gasteiger partial charge in [-0.05, 0) is 24.3 Å². The first-order chi connectivity index (χ1) is 18.8. The number of H-pyrrole nitrogens is 1. The second-order valence-corrected chi connectivity index (χ2v) is 9.44. The Balaban J connectivity index is 1.31. The predicted octanol–water partition coefficient (Wildman–Crippen LogP) is 3.91. The van der Waals surface area contributed by atoms with E-state index in [1.54, 1.807) is 20.3 Å². The van der Waals surface area contributed by atoms with Crippen LogP contribution in [0, 0.1) is 0 Å². The maximum absolute atomic E-state index is 14.0. The Morgan fingerprint density at radius 2 is 1.92 bits per heavy atom. The Hall–Kier alpha value is -4.94. The van der Waals surface area contributed by atoms with Gasteiger partial charge >= 0.3 is 6.18 Å². The summed E-state index contributed by atoms with van der Waals surface area (Å²) in [5.41, 5.74) is 3.56. The van der Waals surface area contributed by atoms with Gasteiger partial charge in [-0.2, -0.15) is 28.5 Å². The highest BCUT2D eigenvalue weighted by atomic mass is 19.4. The van der Waals surface area contributed by atoms with Crippen molar-refractivity contribution in [3.63, 3.8) is 0 Å². The third kappa shape index (κ3) is 3.68. The Morgan fingerprint density at radius 1 is 1.05 bits per heavy atom. The van der Waals surface area contributed by atoms with Crippen molar-refractivity contribution < 1.29 is 18.0 Å². The second-order valence-electron chi connectivity index (χ2n) is 9.44. The number of alkyl halides is 3. The fourth-order valence-electron chi connectivity index (χ4n) is 5.25. The van der Waals surface area contributed by atoms with Crippen LogP contribution in [0.5, 0.6) is 0 Å². The van der Waals surface area contributed by atoms with Gasteiger partial charge in [-0.1, -0.05) is 6.07 Å². The lowest BCUT2D eigenvalue weighted by Crippen LogP contribution is -2.41. The highest BCUT2D eigenvalue weighted by Crippen LogP contribution is 2.37. The topological polar surface area (TPSA) is 101 Å². The molecule has 1 amide bonds. The van der Waals surface area contributed by atoms with Crippen molar-refractivity contribution in [1.82, 2.24) is 43.9 Å². The first-order valence-electron chi connectivity index (χ1n) is 12.1. The molecule has 1 aliphatic rings. The predicted molar refractivity (Wildman–Crippen MR) is 133 cm³/mol. The van der Waals surface area contributed by atoms with Crippen LogP contribution in [0.25, 0.3) is 22.2 Å². The summed E-state index contributed by atoms with van der Waals surface area (Å²) in [5, 5.41) is 13.1. The molecule has 1 N–H and O–H groups in total. The standard InChI is InChI=1S/C26H20F3N9O/c1-35-12-16(10-32-35)15-4-5-21-17(11-33-38(21)13-15)25(39)36-8-6-19-23(31-14-30-19)24(36)20-9-22-18(26(27,28)29)3-2-7-37(22)34-20/h2-5,7,9-14,24H,6,8H2,1H3,(H,30,31). The summed E-state index contributed by atoms with van der Waals surface area (Å²) >= 11 is 0. The zero-order valence-electron chi connectivity index (χ0n) is 20.5. The number of halogens is 3. The van der Waals surface area contributed by atoms with Gasteiger partial charge in [-0.25, -0.2) is 14.0 Å². The van der Waals surface area contributed by atoms with Gasteiger partial charge in [0.15, 0.2) is 0 Å². The number of aromatic nitrogens is 8. The number of hydrogen-bond acceptors (Lipinski definition) is 5. The second kappa shape index (κ2) is 8.28. The number of pyridine rings is 2. The van der Waals surface area contributed by atoms with Crippen molar-refractivity contribution in [1.29, 1.82) is 0 Å². The van der Waals surface area contributed by atoms with E-state index in [9.17, 15) is 18.0 Å².